The summed E-state index contributed by atoms with van der Waals surface area (Å²) in [5.41, 5.74) is -1.14. The molecule has 54 heavy (non-hydrogen) atoms. The number of rotatable bonds is 11. The molecule has 4 heterocycles. The maximum absolute atomic E-state index is 13.1. The van der Waals surface area contributed by atoms with E-state index >= 15 is 0 Å². The molecule has 0 radical (unpaired) electrons. The third kappa shape index (κ3) is 7.74. The first kappa shape index (κ1) is 39.7. The number of hydrogen-bond donors (Lipinski definition) is 9. The van der Waals surface area contributed by atoms with Gasteiger partial charge in [0.05, 0.1) is 31.8 Å². The number of carboxylic acid groups (broad SMARTS) is 1. The number of fused-ring (bicyclic) bond motifs is 1. The van der Waals surface area contributed by atoms with Gasteiger partial charge in [-0.2, -0.15) is 0 Å². The highest BCUT2D eigenvalue weighted by Gasteiger charge is 2.56. The van der Waals surface area contributed by atoms with Crippen LogP contribution in [-0.4, -0.2) is 163 Å². The van der Waals surface area contributed by atoms with E-state index in [4.69, 9.17) is 37.9 Å². The van der Waals surface area contributed by atoms with E-state index in [9.17, 15) is 60.3 Å². The zero-order chi connectivity index (χ0) is 39.1. The molecule has 14 atom stereocenters. The summed E-state index contributed by atoms with van der Waals surface area (Å²) in [7, 11) is 0. The molecule has 2 aromatic rings. The zero-order valence-corrected chi connectivity index (χ0v) is 28.4. The molecule has 296 valence electrons. The molecule has 4 aliphatic heterocycles. The molecule has 3 fully saturated rings. The Morgan fingerprint density at radius 2 is 1.52 bits per heavy atom. The van der Waals surface area contributed by atoms with Gasteiger partial charge in [-0.15, -0.1) is 0 Å². The largest absolute Gasteiger partial charge is 0.484 e. The Hall–Kier alpha value is -4.03. The van der Waals surface area contributed by atoms with E-state index in [1.165, 1.54) is 30.3 Å². The Bertz CT molecular complexity index is 1670. The monoisotopic (exact) mass is 768 g/mol. The van der Waals surface area contributed by atoms with Crippen molar-refractivity contribution in [3.05, 3.63) is 53.6 Å². The summed E-state index contributed by atoms with van der Waals surface area (Å²) in [5, 5.41) is 91.6. The molecular formula is C34H40O20. The van der Waals surface area contributed by atoms with Crippen molar-refractivity contribution in [1.29, 1.82) is 0 Å². The Morgan fingerprint density at radius 1 is 0.833 bits per heavy atom. The SMILES string of the molecule is CC(=O)OC1(CO)COC(OC2C(Oc3ccc(C4CC(=O)c5ccc(OC6OC(C(=O)O)C(O)C(O)C6O)cc5O4)cc3)OC(CO)C(O)C2O)C1O. The Morgan fingerprint density at radius 3 is 2.17 bits per heavy atom. The van der Waals surface area contributed by atoms with E-state index in [1.807, 2.05) is 0 Å². The number of ether oxygens (including phenoxy) is 8. The smallest absolute Gasteiger partial charge is 0.335 e. The van der Waals surface area contributed by atoms with Gasteiger partial charge in [0, 0.05) is 13.0 Å². The number of aliphatic hydroxyl groups excluding tert-OH is 8. The van der Waals surface area contributed by atoms with Gasteiger partial charge in [0.1, 0.15) is 66.1 Å². The van der Waals surface area contributed by atoms with Crippen LogP contribution in [0.4, 0.5) is 0 Å². The molecule has 2 aromatic carbocycles. The van der Waals surface area contributed by atoms with Crippen molar-refractivity contribution < 1.29 is 98.2 Å². The Kier molecular flexibility index (Phi) is 11.7. The predicted molar refractivity (Wildman–Crippen MR) is 171 cm³/mol. The van der Waals surface area contributed by atoms with Gasteiger partial charge in [-0.05, 0) is 29.8 Å². The van der Waals surface area contributed by atoms with Crippen molar-refractivity contribution in [2.45, 2.75) is 98.9 Å². The lowest BCUT2D eigenvalue weighted by Gasteiger charge is -2.42. The quantitative estimate of drug-likeness (QED) is 0.102. The topological polar surface area (TPSA) is 307 Å². The fraction of sp³-hybridized carbons (Fsp3) is 0.559. The molecule has 9 N–H and O–H groups in total. The molecule has 4 aliphatic rings. The first-order chi connectivity index (χ1) is 25.7. The number of carbonyl (C=O) groups excluding carboxylic acids is 2. The van der Waals surface area contributed by atoms with E-state index in [0.29, 0.717) is 5.56 Å². The van der Waals surface area contributed by atoms with Crippen LogP contribution < -0.4 is 14.2 Å². The van der Waals surface area contributed by atoms with Crippen LogP contribution in [0.25, 0.3) is 0 Å². The lowest BCUT2D eigenvalue weighted by molar-refractivity contribution is -0.319. The molecule has 0 bridgehead atoms. The van der Waals surface area contributed by atoms with Crippen molar-refractivity contribution in [3.8, 4) is 17.2 Å². The number of esters is 1. The third-order valence-corrected chi connectivity index (χ3v) is 9.48. The van der Waals surface area contributed by atoms with Gasteiger partial charge in [-0.25, -0.2) is 4.79 Å². The van der Waals surface area contributed by atoms with E-state index < -0.39 is 117 Å². The second-order valence-corrected chi connectivity index (χ2v) is 13.2. The van der Waals surface area contributed by atoms with Crippen LogP contribution in [0.1, 0.15) is 35.4 Å². The van der Waals surface area contributed by atoms with Crippen LogP contribution in [0.2, 0.25) is 0 Å². The van der Waals surface area contributed by atoms with Gasteiger partial charge in [-0.3, -0.25) is 9.59 Å². The first-order valence-corrected chi connectivity index (χ1v) is 16.7. The number of benzene rings is 2. The molecule has 0 spiro atoms. The van der Waals surface area contributed by atoms with Crippen molar-refractivity contribution in [2.75, 3.05) is 19.8 Å². The first-order valence-electron chi connectivity index (χ1n) is 16.7. The van der Waals surface area contributed by atoms with E-state index in [0.717, 1.165) is 6.92 Å². The average Bonchev–Trinajstić information content (AvgIpc) is 3.44. The molecule has 20 nitrogen and oxygen atoms in total. The minimum Gasteiger partial charge on any atom is -0.484 e. The molecule has 6 rings (SSSR count). The molecule has 0 amide bonds. The highest BCUT2D eigenvalue weighted by Crippen LogP contribution is 2.39. The number of aliphatic carboxylic acids is 1. The van der Waals surface area contributed by atoms with Crippen LogP contribution in [0.5, 0.6) is 17.2 Å². The normalized spacial score (nSPS) is 37.9. The van der Waals surface area contributed by atoms with Crippen LogP contribution in [0.15, 0.2) is 42.5 Å². The summed E-state index contributed by atoms with van der Waals surface area (Å²) in [6.45, 7) is -0.919. The minimum atomic E-state index is -1.91. The molecular weight excluding hydrogens is 728 g/mol. The number of hydrogen-bond acceptors (Lipinski definition) is 19. The molecule has 0 aliphatic carbocycles. The summed E-state index contributed by atoms with van der Waals surface area (Å²) < 4.78 is 44.7. The van der Waals surface area contributed by atoms with Crippen LogP contribution >= 0.6 is 0 Å². The average molecular weight is 769 g/mol. The Labute approximate surface area is 305 Å². The lowest BCUT2D eigenvalue weighted by atomic mass is 9.96. The van der Waals surface area contributed by atoms with Crippen LogP contribution in [0, 0.1) is 0 Å². The van der Waals surface area contributed by atoms with Gasteiger partial charge in [-0.1, -0.05) is 12.1 Å². The van der Waals surface area contributed by atoms with Crippen molar-refractivity contribution in [2.24, 2.45) is 0 Å². The van der Waals surface area contributed by atoms with Crippen molar-refractivity contribution in [3.63, 3.8) is 0 Å². The summed E-state index contributed by atoms with van der Waals surface area (Å²) >= 11 is 0. The van der Waals surface area contributed by atoms with Crippen molar-refractivity contribution in [1.82, 2.24) is 0 Å². The van der Waals surface area contributed by atoms with E-state index in [2.05, 4.69) is 0 Å². The number of Topliss-reactive ketones (excluding diaryl/α,β-unsaturated/α-hetero) is 1. The summed E-state index contributed by atoms with van der Waals surface area (Å²) in [4.78, 5) is 36.1. The molecule has 0 aromatic heterocycles. The number of ketones is 1. The van der Waals surface area contributed by atoms with Crippen LogP contribution in [0.3, 0.4) is 0 Å². The standard InChI is InChI=1S/C34H40O20/c1-13(37)54-34(11-36)12-47-33(29(34)44)53-28-24(41)22(39)21(10-35)51-32(28)48-15-4-2-14(3-5-15)19-9-18(38)17-7-6-16(8-20(17)50-19)49-31-26(43)23(40)25(42)27(52-31)30(45)46/h2-8,19,21-29,31-33,35-36,39-44H,9-12H2,1H3,(H,45,46). The number of carboxylic acids is 1. The zero-order valence-electron chi connectivity index (χ0n) is 28.4. The highest BCUT2D eigenvalue weighted by molar-refractivity contribution is 6.00. The second kappa shape index (κ2) is 16.0. The maximum atomic E-state index is 13.1. The van der Waals surface area contributed by atoms with E-state index in [-0.39, 0.29) is 35.0 Å². The van der Waals surface area contributed by atoms with Gasteiger partial charge in [0.15, 0.2) is 29.9 Å². The molecule has 20 heteroatoms. The third-order valence-electron chi connectivity index (χ3n) is 9.48. The fourth-order valence-electron chi connectivity index (χ4n) is 6.50. The second-order valence-electron chi connectivity index (χ2n) is 13.2. The molecule has 14 unspecified atom stereocenters. The maximum Gasteiger partial charge on any atom is 0.335 e. The van der Waals surface area contributed by atoms with E-state index in [1.54, 1.807) is 12.1 Å². The lowest BCUT2D eigenvalue weighted by Crippen LogP contribution is -2.62. The predicted octanol–water partition coefficient (Wildman–Crippen LogP) is -3.12. The summed E-state index contributed by atoms with van der Waals surface area (Å²) in [6, 6.07) is 10.2. The molecule has 0 saturated carbocycles. The Balaban J connectivity index is 1.15. The number of carbonyl (C=O) groups is 3. The fourth-order valence-corrected chi connectivity index (χ4v) is 6.50. The highest BCUT2D eigenvalue weighted by atomic mass is 16.8. The summed E-state index contributed by atoms with van der Waals surface area (Å²) in [5.74, 6) is -2.48. The van der Waals surface area contributed by atoms with Gasteiger partial charge >= 0.3 is 11.9 Å². The molecule has 3 saturated heterocycles. The number of aliphatic hydroxyl groups is 8. The summed E-state index contributed by atoms with van der Waals surface area (Å²) in [6.07, 6.45) is -21.2. The van der Waals surface area contributed by atoms with Crippen molar-refractivity contribution >= 4 is 17.7 Å². The van der Waals surface area contributed by atoms with Crippen LogP contribution in [-0.2, 0) is 33.3 Å². The van der Waals surface area contributed by atoms with Gasteiger partial charge in [0.2, 0.25) is 12.6 Å². The van der Waals surface area contributed by atoms with Gasteiger partial charge in [0.25, 0.3) is 0 Å². The minimum absolute atomic E-state index is 0.00979. The van der Waals surface area contributed by atoms with Gasteiger partial charge < -0.3 is 83.9 Å².